The number of hydrogen-bond donors (Lipinski definition) is 15. The van der Waals surface area contributed by atoms with Gasteiger partial charge in [-0.15, -0.1) is 0 Å². The highest BCUT2D eigenvalue weighted by atomic mass is 32.1. The molecule has 15 atom stereocenters. The van der Waals surface area contributed by atoms with Crippen molar-refractivity contribution >= 4 is 52.4 Å². The summed E-state index contributed by atoms with van der Waals surface area (Å²) in [7, 11) is 0. The first-order valence-corrected chi connectivity index (χ1v) is 18.6. The van der Waals surface area contributed by atoms with E-state index in [1.807, 2.05) is 0 Å². The monoisotopic (exact) mass is 829 g/mol. The van der Waals surface area contributed by atoms with Crippen LogP contribution in [0.15, 0.2) is 0 Å². The highest BCUT2D eigenvalue weighted by Gasteiger charge is 2.52. The molecule has 55 heavy (non-hydrogen) atoms. The molecule has 0 aromatic heterocycles. The minimum atomic E-state index is -1.64. The average molecular weight is 830 g/mol. The number of amides is 3. The normalized spacial score (nSPS) is 36.2. The van der Waals surface area contributed by atoms with Gasteiger partial charge in [0.25, 0.3) is 0 Å². The van der Waals surface area contributed by atoms with Crippen LogP contribution in [0.3, 0.4) is 0 Å². The summed E-state index contributed by atoms with van der Waals surface area (Å²) in [5.41, 5.74) is 0. The fourth-order valence-electron chi connectivity index (χ4n) is 6.36. The van der Waals surface area contributed by atoms with E-state index >= 15 is 0 Å². The third-order valence-corrected chi connectivity index (χ3v) is 9.60. The van der Waals surface area contributed by atoms with Gasteiger partial charge < -0.3 is 97.0 Å². The maximum Gasteiger partial charge on any atom is 0.217 e. The standard InChI is InChI=1S/C31H55N7O15S2/c1-12(42)34-18-23(47)21(45)15(9-39)50-27(18)37-30(54)32-7-5-4-6-8-33-31(55)38-28-19(35-13(2)43)25(49)26(17(11-41)51-28)53-29-20(36-14(3)44)24(48)22(46)16(10-40)52-29/h15-29,39-41,45-49H,4-11H2,1-3H3,(H,34,42)(H,35,43)(H,36,44)(H2,32,37,54)(H2,33,38,55)/t15-,16-,17-,18-,19-,20-,21-,22+,23-,24-,25-,26-,27-,28-,29+/m1/s1. The van der Waals surface area contributed by atoms with E-state index in [1.54, 1.807) is 0 Å². The Kier molecular flexibility index (Phi) is 18.9. The smallest absolute Gasteiger partial charge is 0.217 e. The number of thiocarbonyl (C=S) groups is 2. The second-order valence-corrected chi connectivity index (χ2v) is 14.2. The number of carbonyl (C=O) groups excluding carboxylic acids is 3. The van der Waals surface area contributed by atoms with Crippen molar-refractivity contribution in [2.75, 3.05) is 32.9 Å². The molecular weight excluding hydrogens is 775 g/mol. The number of carbonyl (C=O) groups is 3. The number of ether oxygens (including phenoxy) is 4. The van der Waals surface area contributed by atoms with Gasteiger partial charge in [0.1, 0.15) is 73.1 Å². The van der Waals surface area contributed by atoms with Crippen LogP contribution < -0.4 is 37.2 Å². The zero-order valence-electron chi connectivity index (χ0n) is 30.6. The fourth-order valence-corrected chi connectivity index (χ4v) is 6.79. The third kappa shape index (κ3) is 13.2. The molecule has 3 saturated heterocycles. The van der Waals surface area contributed by atoms with Gasteiger partial charge in [-0.05, 0) is 43.7 Å². The van der Waals surface area contributed by atoms with Crippen molar-refractivity contribution < 1.29 is 74.2 Å². The molecule has 3 heterocycles. The summed E-state index contributed by atoms with van der Waals surface area (Å²) in [5.74, 6) is -1.61. The molecule has 3 amide bonds. The molecule has 15 N–H and O–H groups in total. The van der Waals surface area contributed by atoms with Crippen LogP contribution in [0, 0.1) is 0 Å². The molecule has 0 aromatic rings. The Labute approximate surface area is 328 Å². The van der Waals surface area contributed by atoms with E-state index in [1.165, 1.54) is 13.8 Å². The molecule has 3 aliphatic heterocycles. The molecule has 3 aliphatic rings. The molecule has 22 nitrogen and oxygen atoms in total. The predicted molar refractivity (Wildman–Crippen MR) is 196 cm³/mol. The Morgan fingerprint density at radius 2 is 0.945 bits per heavy atom. The van der Waals surface area contributed by atoms with Gasteiger partial charge in [0, 0.05) is 33.9 Å². The molecule has 0 spiro atoms. The summed E-state index contributed by atoms with van der Waals surface area (Å²) in [6, 6.07) is -3.58. The van der Waals surface area contributed by atoms with Crippen LogP contribution in [0.5, 0.6) is 0 Å². The first-order valence-electron chi connectivity index (χ1n) is 17.8. The summed E-state index contributed by atoms with van der Waals surface area (Å²) in [4.78, 5) is 35.6. The SMILES string of the molecule is CC(=O)N[C@@H]1[C@@H](O)[C@H](O[C@@H]2O[C@H](CO)[C@H](O)[C@H](O)[C@H]2NC(C)=O)[C@@H](CO)O[C@H]1NC(=S)NCCCCCNC(=S)N[C@@H]1O[C@H](CO)[C@@H](O)[C@H](O)[C@H]1NC(C)=O. The Morgan fingerprint density at radius 3 is 1.40 bits per heavy atom. The van der Waals surface area contributed by atoms with Crippen LogP contribution in [-0.4, -0.2) is 194 Å². The molecule has 0 aliphatic carbocycles. The Bertz CT molecular complexity index is 1300. The largest absolute Gasteiger partial charge is 0.394 e. The van der Waals surface area contributed by atoms with Crippen molar-refractivity contribution in [2.45, 2.75) is 132 Å². The van der Waals surface area contributed by atoms with E-state index < -0.39 is 129 Å². The molecule has 3 fully saturated rings. The predicted octanol–water partition coefficient (Wildman–Crippen LogP) is -7.06. The summed E-state index contributed by atoms with van der Waals surface area (Å²) in [6.07, 6.45) is -14.4. The van der Waals surface area contributed by atoms with E-state index in [2.05, 4.69) is 37.2 Å². The highest BCUT2D eigenvalue weighted by molar-refractivity contribution is 7.80. The summed E-state index contributed by atoms with van der Waals surface area (Å²) >= 11 is 10.7. The summed E-state index contributed by atoms with van der Waals surface area (Å²) in [5, 5.41) is 102. The molecule has 0 saturated carbocycles. The second kappa shape index (κ2) is 22.3. The molecular formula is C31H55N7O15S2. The van der Waals surface area contributed by atoms with Crippen molar-refractivity contribution in [3.05, 3.63) is 0 Å². The van der Waals surface area contributed by atoms with E-state index in [0.29, 0.717) is 32.4 Å². The third-order valence-electron chi connectivity index (χ3n) is 9.08. The summed E-state index contributed by atoms with van der Waals surface area (Å²) < 4.78 is 23.1. The first kappa shape index (κ1) is 46.7. The van der Waals surface area contributed by atoms with E-state index in [9.17, 15) is 55.2 Å². The van der Waals surface area contributed by atoms with Gasteiger partial charge in [-0.25, -0.2) is 0 Å². The lowest BCUT2D eigenvalue weighted by Gasteiger charge is -2.48. The molecule has 0 radical (unpaired) electrons. The maximum absolute atomic E-state index is 12.1. The van der Waals surface area contributed by atoms with Crippen molar-refractivity contribution in [1.82, 2.24) is 37.2 Å². The topological polar surface area (TPSA) is 334 Å². The Morgan fingerprint density at radius 1 is 0.545 bits per heavy atom. The van der Waals surface area contributed by atoms with Crippen LogP contribution in [-0.2, 0) is 33.3 Å². The van der Waals surface area contributed by atoms with E-state index in [0.717, 1.165) is 6.92 Å². The minimum absolute atomic E-state index is 0.103. The van der Waals surface area contributed by atoms with Crippen LogP contribution in [0.2, 0.25) is 0 Å². The number of hydrogen-bond acceptors (Lipinski definition) is 17. The van der Waals surface area contributed by atoms with E-state index in [4.69, 9.17) is 43.4 Å². The number of rotatable bonds is 16. The quantitative estimate of drug-likeness (QED) is 0.0508. The van der Waals surface area contributed by atoms with Crippen LogP contribution in [0.25, 0.3) is 0 Å². The van der Waals surface area contributed by atoms with Gasteiger partial charge in [-0.3, -0.25) is 14.4 Å². The number of aliphatic hydroxyl groups excluding tert-OH is 8. The lowest BCUT2D eigenvalue weighted by atomic mass is 9.94. The number of aliphatic hydroxyl groups is 8. The first-order chi connectivity index (χ1) is 26.0. The maximum atomic E-state index is 12.1. The molecule has 0 aromatic carbocycles. The van der Waals surface area contributed by atoms with Gasteiger partial charge in [-0.2, -0.15) is 0 Å². The van der Waals surface area contributed by atoms with Gasteiger partial charge in [0.05, 0.1) is 19.8 Å². The second-order valence-electron chi connectivity index (χ2n) is 13.4. The minimum Gasteiger partial charge on any atom is -0.394 e. The van der Waals surface area contributed by atoms with Gasteiger partial charge >= 0.3 is 0 Å². The molecule has 316 valence electrons. The van der Waals surface area contributed by atoms with Crippen molar-refractivity contribution in [3.63, 3.8) is 0 Å². The van der Waals surface area contributed by atoms with Gasteiger partial charge in [0.15, 0.2) is 29.0 Å². The van der Waals surface area contributed by atoms with Crippen molar-refractivity contribution in [1.29, 1.82) is 0 Å². The Balaban J connectivity index is 1.49. The fraction of sp³-hybridized carbons (Fsp3) is 0.839. The van der Waals surface area contributed by atoms with E-state index in [-0.39, 0.29) is 10.2 Å². The van der Waals surface area contributed by atoms with Crippen molar-refractivity contribution in [2.24, 2.45) is 0 Å². The zero-order chi connectivity index (χ0) is 41.0. The lowest BCUT2D eigenvalue weighted by molar-refractivity contribution is -0.315. The molecule has 0 unspecified atom stereocenters. The molecule has 3 rings (SSSR count). The lowest BCUT2D eigenvalue weighted by Crippen LogP contribution is -2.71. The van der Waals surface area contributed by atoms with Crippen LogP contribution >= 0.6 is 24.4 Å². The average Bonchev–Trinajstić information content (AvgIpc) is 3.12. The van der Waals surface area contributed by atoms with Gasteiger partial charge in [0.2, 0.25) is 17.7 Å². The highest BCUT2D eigenvalue weighted by Crippen LogP contribution is 2.29. The Hall–Kier alpha value is -2.69. The number of nitrogens with one attached hydrogen (secondary N) is 7. The van der Waals surface area contributed by atoms with Crippen LogP contribution in [0.1, 0.15) is 40.0 Å². The molecule has 24 heteroatoms. The van der Waals surface area contributed by atoms with Gasteiger partial charge in [-0.1, -0.05) is 0 Å². The zero-order valence-corrected chi connectivity index (χ0v) is 32.2. The summed E-state index contributed by atoms with van der Waals surface area (Å²) in [6.45, 7) is 2.50. The van der Waals surface area contributed by atoms with Crippen molar-refractivity contribution in [3.8, 4) is 0 Å². The number of unbranched alkanes of at least 4 members (excludes halogenated alkanes) is 2. The van der Waals surface area contributed by atoms with Crippen LogP contribution in [0.4, 0.5) is 0 Å². The molecule has 0 bridgehead atoms.